The zero-order valence-electron chi connectivity index (χ0n) is 11.4. The number of anilines is 1. The Morgan fingerprint density at radius 1 is 0.900 bits per heavy atom. The predicted octanol–water partition coefficient (Wildman–Crippen LogP) is 4.12. The van der Waals surface area contributed by atoms with Crippen LogP contribution in [0.25, 0.3) is 0 Å². The summed E-state index contributed by atoms with van der Waals surface area (Å²) in [6.45, 7) is 3.98. The van der Waals surface area contributed by atoms with Gasteiger partial charge in [0.2, 0.25) is 0 Å². The van der Waals surface area contributed by atoms with Crippen LogP contribution in [-0.4, -0.2) is 6.03 Å². The Balaban J connectivity index is 1.86. The standard InChI is InChI=1S/C15H16N4O/c1-11-3-7-13(8-4-11)16-18-15(20)19-17-14-9-5-12(2)6-10-14/h3-10,16H,1-2H3,(H,18,20). The van der Waals surface area contributed by atoms with Gasteiger partial charge in [0.1, 0.15) is 0 Å². The van der Waals surface area contributed by atoms with Crippen LogP contribution in [0.1, 0.15) is 11.1 Å². The number of azo groups is 1. The highest BCUT2D eigenvalue weighted by Gasteiger charge is 1.97. The van der Waals surface area contributed by atoms with Gasteiger partial charge in [-0.1, -0.05) is 40.5 Å². The van der Waals surface area contributed by atoms with Crippen molar-refractivity contribution in [2.45, 2.75) is 13.8 Å². The number of hydrazine groups is 1. The van der Waals surface area contributed by atoms with Crippen LogP contribution in [0.3, 0.4) is 0 Å². The lowest BCUT2D eigenvalue weighted by atomic mass is 10.2. The van der Waals surface area contributed by atoms with E-state index < -0.39 is 6.03 Å². The molecule has 0 atom stereocenters. The topological polar surface area (TPSA) is 65.8 Å². The first-order valence-electron chi connectivity index (χ1n) is 6.24. The number of hydrogen-bond donors (Lipinski definition) is 2. The Hall–Kier alpha value is -2.69. The highest BCUT2D eigenvalue weighted by molar-refractivity contribution is 5.76. The molecular weight excluding hydrogens is 252 g/mol. The lowest BCUT2D eigenvalue weighted by Crippen LogP contribution is -2.26. The van der Waals surface area contributed by atoms with E-state index in [-0.39, 0.29) is 0 Å². The van der Waals surface area contributed by atoms with E-state index in [4.69, 9.17) is 0 Å². The van der Waals surface area contributed by atoms with E-state index in [1.165, 1.54) is 0 Å². The Bertz CT molecular complexity index is 603. The number of carbonyl (C=O) groups excluding carboxylic acids is 1. The van der Waals surface area contributed by atoms with Gasteiger partial charge in [0.15, 0.2) is 0 Å². The minimum atomic E-state index is -0.550. The van der Waals surface area contributed by atoms with Crippen molar-refractivity contribution in [3.05, 3.63) is 59.7 Å². The van der Waals surface area contributed by atoms with Gasteiger partial charge in [-0.2, -0.15) is 0 Å². The zero-order chi connectivity index (χ0) is 14.4. The number of urea groups is 1. The fourth-order valence-electron chi connectivity index (χ4n) is 1.50. The van der Waals surface area contributed by atoms with Crippen molar-refractivity contribution >= 4 is 17.4 Å². The third-order valence-electron chi connectivity index (χ3n) is 2.66. The molecule has 0 radical (unpaired) electrons. The third-order valence-corrected chi connectivity index (χ3v) is 2.66. The first kappa shape index (κ1) is 13.7. The molecule has 20 heavy (non-hydrogen) atoms. The maximum atomic E-state index is 11.5. The normalized spacial score (nSPS) is 10.5. The van der Waals surface area contributed by atoms with E-state index in [1.807, 2.05) is 50.2 Å². The summed E-state index contributed by atoms with van der Waals surface area (Å²) in [6, 6.07) is 14.5. The van der Waals surface area contributed by atoms with E-state index in [9.17, 15) is 4.79 Å². The molecule has 0 aliphatic heterocycles. The number of hydrogen-bond acceptors (Lipinski definition) is 3. The minimum absolute atomic E-state index is 0.550. The van der Waals surface area contributed by atoms with Crippen molar-refractivity contribution in [3.63, 3.8) is 0 Å². The van der Waals surface area contributed by atoms with Crippen LogP contribution >= 0.6 is 0 Å². The average molecular weight is 268 g/mol. The summed E-state index contributed by atoms with van der Waals surface area (Å²) in [5.74, 6) is 0. The number of carbonyl (C=O) groups is 1. The molecule has 2 amide bonds. The second-order valence-corrected chi connectivity index (χ2v) is 4.46. The number of rotatable bonds is 3. The summed E-state index contributed by atoms with van der Waals surface area (Å²) >= 11 is 0. The summed E-state index contributed by atoms with van der Waals surface area (Å²) in [6.07, 6.45) is 0. The fourth-order valence-corrected chi connectivity index (χ4v) is 1.50. The maximum absolute atomic E-state index is 11.5. The van der Waals surface area contributed by atoms with Crippen molar-refractivity contribution < 1.29 is 4.79 Å². The fraction of sp³-hybridized carbons (Fsp3) is 0.133. The summed E-state index contributed by atoms with van der Waals surface area (Å²) in [5.41, 5.74) is 8.93. The summed E-state index contributed by atoms with van der Waals surface area (Å²) < 4.78 is 0. The molecule has 0 unspecified atom stereocenters. The van der Waals surface area contributed by atoms with E-state index in [1.54, 1.807) is 12.1 Å². The molecule has 2 N–H and O–H groups in total. The number of amides is 2. The summed E-state index contributed by atoms with van der Waals surface area (Å²) in [4.78, 5) is 11.5. The highest BCUT2D eigenvalue weighted by atomic mass is 16.2. The summed E-state index contributed by atoms with van der Waals surface area (Å²) in [5, 5.41) is 7.42. The van der Waals surface area contributed by atoms with Gasteiger partial charge in [0.25, 0.3) is 0 Å². The molecule has 2 aromatic rings. The molecule has 2 aromatic carbocycles. The molecule has 0 aromatic heterocycles. The van der Waals surface area contributed by atoms with Gasteiger partial charge in [0.05, 0.1) is 11.4 Å². The van der Waals surface area contributed by atoms with E-state index in [2.05, 4.69) is 21.1 Å². The molecule has 0 aliphatic rings. The lowest BCUT2D eigenvalue weighted by molar-refractivity contribution is 0.249. The number of aryl methyl sites for hydroxylation is 2. The Morgan fingerprint density at radius 2 is 1.45 bits per heavy atom. The van der Waals surface area contributed by atoms with Gasteiger partial charge < -0.3 is 0 Å². The van der Waals surface area contributed by atoms with E-state index in [0.717, 1.165) is 16.8 Å². The van der Waals surface area contributed by atoms with Crippen LogP contribution in [0.15, 0.2) is 58.8 Å². The largest absolute Gasteiger partial charge is 0.378 e. The van der Waals surface area contributed by atoms with Crippen molar-refractivity contribution in [2.75, 3.05) is 5.43 Å². The predicted molar refractivity (Wildman–Crippen MR) is 79.0 cm³/mol. The molecule has 0 spiro atoms. The number of nitrogens with zero attached hydrogens (tertiary/aromatic N) is 2. The molecule has 0 saturated carbocycles. The molecule has 0 aliphatic carbocycles. The average Bonchev–Trinajstić information content (AvgIpc) is 2.46. The van der Waals surface area contributed by atoms with Crippen LogP contribution in [0.2, 0.25) is 0 Å². The van der Waals surface area contributed by atoms with Crippen molar-refractivity contribution in [3.8, 4) is 0 Å². The molecule has 0 bridgehead atoms. The van der Waals surface area contributed by atoms with E-state index >= 15 is 0 Å². The van der Waals surface area contributed by atoms with Gasteiger partial charge in [0, 0.05) is 0 Å². The minimum Gasteiger partial charge on any atom is -0.297 e. The highest BCUT2D eigenvalue weighted by Crippen LogP contribution is 2.12. The smallest absolute Gasteiger partial charge is 0.297 e. The van der Waals surface area contributed by atoms with Gasteiger partial charge in [-0.15, -0.1) is 5.11 Å². The Morgan fingerprint density at radius 3 is 2.05 bits per heavy atom. The van der Waals surface area contributed by atoms with Crippen molar-refractivity contribution in [2.24, 2.45) is 10.2 Å². The first-order chi connectivity index (χ1) is 9.63. The van der Waals surface area contributed by atoms with Crippen molar-refractivity contribution in [1.82, 2.24) is 5.43 Å². The monoisotopic (exact) mass is 268 g/mol. The molecule has 5 nitrogen and oxygen atoms in total. The van der Waals surface area contributed by atoms with Crippen LogP contribution in [0.4, 0.5) is 16.2 Å². The second kappa shape index (κ2) is 6.47. The van der Waals surface area contributed by atoms with Gasteiger partial charge in [-0.3, -0.25) is 5.43 Å². The van der Waals surface area contributed by atoms with Crippen molar-refractivity contribution in [1.29, 1.82) is 0 Å². The number of benzene rings is 2. The molecule has 0 saturated heterocycles. The third kappa shape index (κ3) is 4.20. The van der Waals surface area contributed by atoms with Crippen LogP contribution in [0, 0.1) is 13.8 Å². The molecule has 5 heteroatoms. The van der Waals surface area contributed by atoms with Gasteiger partial charge >= 0.3 is 6.03 Å². The Labute approximate surface area is 117 Å². The molecular formula is C15H16N4O. The Kier molecular flexibility index (Phi) is 4.44. The second-order valence-electron chi connectivity index (χ2n) is 4.46. The molecule has 0 heterocycles. The van der Waals surface area contributed by atoms with Gasteiger partial charge in [-0.05, 0) is 38.1 Å². The molecule has 102 valence electrons. The lowest BCUT2D eigenvalue weighted by Gasteiger charge is -2.05. The SMILES string of the molecule is Cc1ccc(N=NC(=O)NNc2ccc(C)cc2)cc1. The maximum Gasteiger partial charge on any atom is 0.378 e. The van der Waals surface area contributed by atoms with Crippen LogP contribution in [-0.2, 0) is 0 Å². The van der Waals surface area contributed by atoms with E-state index in [0.29, 0.717) is 5.69 Å². The van der Waals surface area contributed by atoms with Crippen LogP contribution < -0.4 is 10.9 Å². The molecule has 2 rings (SSSR count). The number of nitrogens with one attached hydrogen (secondary N) is 2. The molecule has 0 fully saturated rings. The van der Waals surface area contributed by atoms with Crippen LogP contribution in [0.5, 0.6) is 0 Å². The summed E-state index contributed by atoms with van der Waals surface area (Å²) in [7, 11) is 0. The zero-order valence-corrected chi connectivity index (χ0v) is 11.4. The quantitative estimate of drug-likeness (QED) is 0.649. The first-order valence-corrected chi connectivity index (χ1v) is 6.24. The van der Waals surface area contributed by atoms with Gasteiger partial charge in [-0.25, -0.2) is 10.2 Å².